The molecular weight excluding hydrogens is 380 g/mol. The van der Waals surface area contributed by atoms with Crippen LogP contribution in [0.2, 0.25) is 0 Å². The van der Waals surface area contributed by atoms with Gasteiger partial charge in [-0.3, -0.25) is 0 Å². The normalized spacial score (nSPS) is 46.7. The summed E-state index contributed by atoms with van der Waals surface area (Å²) in [7, 11) is 0. The highest BCUT2D eigenvalue weighted by atomic mass is 16.3. The number of fused-ring (bicyclic) bond motifs is 5. The Labute approximate surface area is 192 Å². The Bertz CT molecular complexity index is 682. The Balaban J connectivity index is 1.53. The molecule has 0 aromatic carbocycles. The van der Waals surface area contributed by atoms with Crippen LogP contribution in [-0.4, -0.2) is 21.9 Å². The molecule has 0 amide bonds. The maximum Gasteiger partial charge on any atom is 0.0751 e. The lowest BCUT2D eigenvalue weighted by molar-refractivity contribution is -0.182. The van der Waals surface area contributed by atoms with E-state index < -0.39 is 5.60 Å². The second-order valence-electron chi connectivity index (χ2n) is 13.0. The predicted molar refractivity (Wildman–Crippen MR) is 130 cm³/mol. The van der Waals surface area contributed by atoms with E-state index in [2.05, 4.69) is 47.6 Å². The predicted octanol–water partition coefficient (Wildman–Crippen LogP) is 7.14. The fourth-order valence-electron chi connectivity index (χ4n) is 9.39. The number of hydrogen-bond donors (Lipinski definition) is 2. The van der Waals surface area contributed by atoms with Crippen LogP contribution in [0.4, 0.5) is 0 Å². The van der Waals surface area contributed by atoms with Gasteiger partial charge in [0.1, 0.15) is 0 Å². The van der Waals surface area contributed by atoms with Crippen molar-refractivity contribution in [2.45, 2.75) is 124 Å². The van der Waals surface area contributed by atoms with Crippen molar-refractivity contribution in [2.75, 3.05) is 0 Å². The summed E-state index contributed by atoms with van der Waals surface area (Å²) in [6, 6.07) is 0. The van der Waals surface area contributed by atoms with E-state index in [1.807, 2.05) is 0 Å². The zero-order chi connectivity index (χ0) is 22.6. The number of aliphatic hydroxyl groups excluding tert-OH is 1. The third-order valence-electron chi connectivity index (χ3n) is 11.4. The van der Waals surface area contributed by atoms with Crippen molar-refractivity contribution < 1.29 is 10.2 Å². The lowest BCUT2D eigenvalue weighted by atomic mass is 9.45. The largest absolute Gasteiger partial charge is 0.393 e. The van der Waals surface area contributed by atoms with Crippen LogP contribution < -0.4 is 0 Å². The quantitative estimate of drug-likeness (QED) is 0.440. The molecule has 0 aromatic rings. The summed E-state index contributed by atoms with van der Waals surface area (Å²) in [5.41, 5.74) is 1.31. The van der Waals surface area contributed by atoms with Gasteiger partial charge in [-0.15, -0.1) is 0 Å². The number of aliphatic hydroxyl groups is 2. The molecule has 4 rings (SSSR count). The van der Waals surface area contributed by atoms with Crippen LogP contribution in [0.5, 0.6) is 0 Å². The highest BCUT2D eigenvalue weighted by Crippen LogP contribution is 2.68. The van der Waals surface area contributed by atoms with Gasteiger partial charge in [-0.05, 0) is 104 Å². The molecule has 0 heterocycles. The minimum atomic E-state index is -0.536. The van der Waals surface area contributed by atoms with E-state index in [1.165, 1.54) is 50.5 Å². The van der Waals surface area contributed by atoms with Crippen LogP contribution >= 0.6 is 0 Å². The summed E-state index contributed by atoms with van der Waals surface area (Å²) in [5.74, 6) is 4.00. The fraction of sp³-hybridized carbons (Fsp3) is 0.931. The van der Waals surface area contributed by atoms with Gasteiger partial charge in [0.15, 0.2) is 0 Å². The number of hydrogen-bond acceptors (Lipinski definition) is 2. The summed E-state index contributed by atoms with van der Waals surface area (Å²) >= 11 is 0. The fourth-order valence-corrected chi connectivity index (χ4v) is 9.39. The molecule has 178 valence electrons. The van der Waals surface area contributed by atoms with E-state index in [0.717, 1.165) is 49.4 Å². The first-order chi connectivity index (χ1) is 14.6. The average molecular weight is 431 g/mol. The van der Waals surface area contributed by atoms with E-state index in [0.29, 0.717) is 17.3 Å². The molecule has 2 N–H and O–H groups in total. The smallest absolute Gasteiger partial charge is 0.0751 e. The Morgan fingerprint density at radius 1 is 1.00 bits per heavy atom. The second-order valence-corrected chi connectivity index (χ2v) is 13.0. The molecule has 0 radical (unpaired) electrons. The first-order valence-electron chi connectivity index (χ1n) is 13.7. The third kappa shape index (κ3) is 3.76. The van der Waals surface area contributed by atoms with Crippen molar-refractivity contribution in [3.05, 3.63) is 11.6 Å². The lowest BCUT2D eigenvalue weighted by Crippen LogP contribution is -2.61. The molecule has 4 aliphatic carbocycles. The van der Waals surface area contributed by atoms with Crippen LogP contribution in [0.1, 0.15) is 112 Å². The molecule has 2 heteroatoms. The highest BCUT2D eigenvalue weighted by molar-refractivity contribution is 5.29. The molecule has 3 fully saturated rings. The van der Waals surface area contributed by atoms with Crippen LogP contribution in [0.15, 0.2) is 11.6 Å². The Morgan fingerprint density at radius 3 is 2.42 bits per heavy atom. The summed E-state index contributed by atoms with van der Waals surface area (Å²) in [6.45, 7) is 14.6. The van der Waals surface area contributed by atoms with Crippen molar-refractivity contribution in [1.29, 1.82) is 0 Å². The Kier molecular flexibility index (Phi) is 6.50. The van der Waals surface area contributed by atoms with Gasteiger partial charge in [0.05, 0.1) is 11.7 Å². The van der Waals surface area contributed by atoms with E-state index >= 15 is 0 Å². The van der Waals surface area contributed by atoms with Gasteiger partial charge in [0.25, 0.3) is 0 Å². The minimum Gasteiger partial charge on any atom is -0.393 e. The second kappa shape index (κ2) is 8.46. The first-order valence-corrected chi connectivity index (χ1v) is 13.7. The molecule has 0 bridgehead atoms. The van der Waals surface area contributed by atoms with E-state index in [9.17, 15) is 10.2 Å². The molecule has 0 spiro atoms. The van der Waals surface area contributed by atoms with E-state index in [4.69, 9.17) is 0 Å². The summed E-state index contributed by atoms with van der Waals surface area (Å²) in [5, 5.41) is 22.6. The van der Waals surface area contributed by atoms with E-state index in [-0.39, 0.29) is 11.5 Å². The molecule has 2 nitrogen and oxygen atoms in total. The minimum absolute atomic E-state index is 0.100. The van der Waals surface area contributed by atoms with Gasteiger partial charge in [0.2, 0.25) is 0 Å². The monoisotopic (exact) mass is 430 g/mol. The van der Waals surface area contributed by atoms with Crippen molar-refractivity contribution in [1.82, 2.24) is 0 Å². The van der Waals surface area contributed by atoms with Gasteiger partial charge in [0, 0.05) is 0 Å². The molecule has 0 aromatic heterocycles. The Hall–Kier alpha value is -0.340. The average Bonchev–Trinajstić information content (AvgIpc) is 3.07. The van der Waals surface area contributed by atoms with Crippen LogP contribution in [0, 0.1) is 46.3 Å². The van der Waals surface area contributed by atoms with Gasteiger partial charge < -0.3 is 10.2 Å². The zero-order valence-corrected chi connectivity index (χ0v) is 21.3. The molecule has 0 aliphatic heterocycles. The third-order valence-corrected chi connectivity index (χ3v) is 11.4. The summed E-state index contributed by atoms with van der Waals surface area (Å²) in [6.07, 6.45) is 14.8. The highest BCUT2D eigenvalue weighted by Gasteiger charge is 2.65. The molecule has 0 saturated heterocycles. The standard InChI is InChI=1S/C29H50O2/c1-7-21(19(2)3)9-8-20(4)24-10-11-25-28(24,6)16-14-26-27(5)15-13-23(30)18-22(27)12-17-29(25,26)31/h12,19-21,23-26,30-31H,7-11,13-18H2,1-6H3. The maximum atomic E-state index is 12.3. The molecule has 3 saturated carbocycles. The molecule has 9 unspecified atom stereocenters. The first kappa shape index (κ1) is 23.8. The van der Waals surface area contributed by atoms with Gasteiger partial charge in [-0.2, -0.15) is 0 Å². The summed E-state index contributed by atoms with van der Waals surface area (Å²) in [4.78, 5) is 0. The van der Waals surface area contributed by atoms with E-state index in [1.54, 1.807) is 0 Å². The SMILES string of the molecule is CCC(CCC(C)C1CCC2C1(C)CCC1C3(C)CCC(O)CC3=CCC12O)C(C)C. The molecule has 31 heavy (non-hydrogen) atoms. The van der Waals surface area contributed by atoms with Gasteiger partial charge >= 0.3 is 0 Å². The van der Waals surface area contributed by atoms with Crippen LogP contribution in [0.25, 0.3) is 0 Å². The topological polar surface area (TPSA) is 40.5 Å². The van der Waals surface area contributed by atoms with Crippen molar-refractivity contribution in [3.63, 3.8) is 0 Å². The van der Waals surface area contributed by atoms with Crippen molar-refractivity contribution in [3.8, 4) is 0 Å². The Morgan fingerprint density at radius 2 is 1.74 bits per heavy atom. The summed E-state index contributed by atoms with van der Waals surface area (Å²) < 4.78 is 0. The molecule has 9 atom stereocenters. The van der Waals surface area contributed by atoms with Crippen molar-refractivity contribution in [2.24, 2.45) is 46.3 Å². The van der Waals surface area contributed by atoms with Crippen LogP contribution in [-0.2, 0) is 0 Å². The molecule has 4 aliphatic rings. The number of rotatable bonds is 6. The molecular formula is C29H50O2. The van der Waals surface area contributed by atoms with Crippen LogP contribution in [0.3, 0.4) is 0 Å². The maximum absolute atomic E-state index is 12.3. The van der Waals surface area contributed by atoms with Gasteiger partial charge in [-0.1, -0.05) is 66.0 Å². The van der Waals surface area contributed by atoms with Crippen molar-refractivity contribution >= 4 is 0 Å². The van der Waals surface area contributed by atoms with Gasteiger partial charge in [-0.25, -0.2) is 0 Å². The lowest BCUT2D eigenvalue weighted by Gasteiger charge is -2.62. The zero-order valence-electron chi connectivity index (χ0n) is 21.3.